The first kappa shape index (κ1) is 4.04. The van der Waals surface area contributed by atoms with Crippen LogP contribution < -0.4 is 0 Å². The molecule has 1 N–H and O–H groups in total. The first-order chi connectivity index (χ1) is 3.30. The Morgan fingerprint density at radius 3 is 2.57 bits per heavy atom. The molecule has 0 aliphatic rings. The van der Waals surface area contributed by atoms with Gasteiger partial charge in [-0.1, -0.05) is 10.3 Å². The molecule has 5 heteroatoms. The predicted molar refractivity (Wildman–Crippen MR) is 16.5 cm³/mol. The van der Waals surface area contributed by atoms with E-state index in [2.05, 4.69) is 10.3 Å². The second kappa shape index (κ2) is 1.18. The molecule has 37 valence electrons. The van der Waals surface area contributed by atoms with Crippen LogP contribution in [-0.4, -0.2) is 15.4 Å². The average Bonchev–Trinajstić information content (AvgIpc) is 1.91. The molecule has 1 aromatic rings. The first-order valence-corrected chi connectivity index (χ1v) is 1.54. The number of H-pyrrole nitrogens is 1. The van der Waals surface area contributed by atoms with Crippen LogP contribution in [0.4, 0.5) is 4.39 Å². The van der Waals surface area contributed by atoms with Crippen molar-refractivity contribution in [2.24, 2.45) is 0 Å². The lowest BCUT2D eigenvalue weighted by molar-refractivity contribution is 0.312. The van der Waals surface area contributed by atoms with Crippen molar-refractivity contribution in [1.82, 2.24) is 15.4 Å². The zero-order valence-corrected chi connectivity index (χ0v) is 3.18. The van der Waals surface area contributed by atoms with Gasteiger partial charge in [0.05, 0.1) is 0 Å². The van der Waals surface area contributed by atoms with E-state index in [4.69, 9.17) is 0 Å². The minimum Gasteiger partial charge on any atom is -0.260 e. The summed E-state index contributed by atoms with van der Waals surface area (Å²) in [6.07, 6.45) is 0. The highest BCUT2D eigenvalue weighted by Crippen LogP contribution is 2.03. The highest BCUT2D eigenvalue weighted by molar-refractivity contribution is 4.96. The molecular weight excluding hydrogens is 101 g/mol. The van der Waals surface area contributed by atoms with Crippen molar-refractivity contribution < 1.29 is 9.50 Å². The molecule has 0 aromatic carbocycles. The third-order valence-corrected chi connectivity index (χ3v) is 0.477. The standard InChI is InChI=1S/C2HFN3O/c3-1-2(7)5-6-4-1/h(H,4,5,6). The smallest absolute Gasteiger partial charge is 0.260 e. The van der Waals surface area contributed by atoms with Gasteiger partial charge in [-0.3, -0.25) is 5.11 Å². The van der Waals surface area contributed by atoms with Gasteiger partial charge in [0.25, 0.3) is 5.95 Å². The molecule has 0 aliphatic carbocycles. The monoisotopic (exact) mass is 102 g/mol. The molecule has 4 nitrogen and oxygen atoms in total. The number of nitrogens with zero attached hydrogens (tertiary/aromatic N) is 2. The molecular formula is C2HFN3O. The summed E-state index contributed by atoms with van der Waals surface area (Å²) in [5.41, 5.74) is 0. The van der Waals surface area contributed by atoms with Crippen LogP contribution in [0.1, 0.15) is 0 Å². The van der Waals surface area contributed by atoms with Gasteiger partial charge in [-0.25, -0.2) is 5.10 Å². The Kier molecular flexibility index (Phi) is 0.680. The number of hydrogen-bond donors (Lipinski definition) is 1. The van der Waals surface area contributed by atoms with E-state index in [9.17, 15) is 9.50 Å². The molecule has 0 saturated heterocycles. The summed E-state index contributed by atoms with van der Waals surface area (Å²) in [5.74, 6) is -1.96. The maximum absolute atomic E-state index is 11.6. The van der Waals surface area contributed by atoms with Crippen molar-refractivity contribution in [3.63, 3.8) is 0 Å². The summed E-state index contributed by atoms with van der Waals surface area (Å²) >= 11 is 0. The summed E-state index contributed by atoms with van der Waals surface area (Å²) in [6.45, 7) is 0. The molecule has 7 heavy (non-hydrogen) atoms. The molecule has 0 spiro atoms. The lowest BCUT2D eigenvalue weighted by atomic mass is 10.8. The average molecular weight is 102 g/mol. The second-order valence-corrected chi connectivity index (χ2v) is 0.931. The Labute approximate surface area is 38.0 Å². The third kappa shape index (κ3) is 0.510. The predicted octanol–water partition coefficient (Wildman–Crippen LogP) is 0.0876. The van der Waals surface area contributed by atoms with Crippen LogP contribution in [0.15, 0.2) is 0 Å². The van der Waals surface area contributed by atoms with Gasteiger partial charge in [0.2, 0.25) is 0 Å². The van der Waals surface area contributed by atoms with Crippen LogP contribution >= 0.6 is 0 Å². The molecule has 0 bridgehead atoms. The molecule has 0 atom stereocenters. The van der Waals surface area contributed by atoms with Crippen molar-refractivity contribution in [3.05, 3.63) is 5.95 Å². The SMILES string of the molecule is [O]c1nn[nH]c1F. The fraction of sp³-hybridized carbons (Fsp3) is 0. The molecule has 1 rings (SSSR count). The lowest BCUT2D eigenvalue weighted by Crippen LogP contribution is -1.68. The zero-order valence-electron chi connectivity index (χ0n) is 3.18. The molecule has 0 aliphatic heterocycles. The summed E-state index contributed by atoms with van der Waals surface area (Å²) in [7, 11) is 0. The van der Waals surface area contributed by atoms with E-state index in [1.165, 1.54) is 0 Å². The van der Waals surface area contributed by atoms with Crippen LogP contribution in [-0.2, 0) is 5.11 Å². The quantitative estimate of drug-likeness (QED) is 0.504. The van der Waals surface area contributed by atoms with Crippen LogP contribution in [0.5, 0.6) is 5.88 Å². The number of aromatic amines is 1. The molecule has 1 radical (unpaired) electrons. The fourth-order valence-corrected chi connectivity index (χ4v) is 0.206. The van der Waals surface area contributed by atoms with Gasteiger partial charge in [-0.15, -0.1) is 0 Å². The van der Waals surface area contributed by atoms with E-state index in [-0.39, 0.29) is 0 Å². The number of nitrogens with one attached hydrogen (secondary N) is 1. The van der Waals surface area contributed by atoms with Crippen molar-refractivity contribution >= 4 is 0 Å². The third-order valence-electron chi connectivity index (χ3n) is 0.477. The van der Waals surface area contributed by atoms with Gasteiger partial charge in [0.15, 0.2) is 0 Å². The topological polar surface area (TPSA) is 61.5 Å². The maximum Gasteiger partial charge on any atom is 0.344 e. The summed E-state index contributed by atoms with van der Waals surface area (Å²) in [6, 6.07) is 0. The molecule has 0 amide bonds. The minimum absolute atomic E-state index is 0.944. The van der Waals surface area contributed by atoms with Gasteiger partial charge in [0, 0.05) is 0 Å². The van der Waals surface area contributed by atoms with E-state index in [0.29, 0.717) is 0 Å². The molecule has 0 saturated carbocycles. The van der Waals surface area contributed by atoms with Crippen LogP contribution in [0.2, 0.25) is 0 Å². The van der Waals surface area contributed by atoms with E-state index in [0.717, 1.165) is 0 Å². The number of halogens is 1. The van der Waals surface area contributed by atoms with Crippen molar-refractivity contribution in [2.75, 3.05) is 0 Å². The molecule has 1 aromatic heterocycles. The van der Waals surface area contributed by atoms with Crippen molar-refractivity contribution in [1.29, 1.82) is 0 Å². The zero-order chi connectivity index (χ0) is 5.28. The molecule has 0 unspecified atom stereocenters. The van der Waals surface area contributed by atoms with E-state index < -0.39 is 11.8 Å². The van der Waals surface area contributed by atoms with Gasteiger partial charge >= 0.3 is 5.88 Å². The van der Waals surface area contributed by atoms with Gasteiger partial charge in [-0.05, 0) is 0 Å². The van der Waals surface area contributed by atoms with Crippen molar-refractivity contribution in [2.45, 2.75) is 0 Å². The summed E-state index contributed by atoms with van der Waals surface area (Å²) < 4.78 is 11.6. The molecule has 1 heterocycles. The summed E-state index contributed by atoms with van der Waals surface area (Å²) in [4.78, 5) is 0. The second-order valence-electron chi connectivity index (χ2n) is 0.931. The normalized spacial score (nSPS) is 9.29. The van der Waals surface area contributed by atoms with Crippen LogP contribution in [0, 0.1) is 5.95 Å². The van der Waals surface area contributed by atoms with E-state index in [1.54, 1.807) is 5.10 Å². The van der Waals surface area contributed by atoms with E-state index >= 15 is 0 Å². The highest BCUT2D eigenvalue weighted by Gasteiger charge is 2.02. The Morgan fingerprint density at radius 1 is 1.71 bits per heavy atom. The Bertz CT molecular complexity index is 145. The highest BCUT2D eigenvalue weighted by atomic mass is 19.1. The van der Waals surface area contributed by atoms with Crippen LogP contribution in [0.3, 0.4) is 0 Å². The van der Waals surface area contributed by atoms with Gasteiger partial charge < -0.3 is 0 Å². The first-order valence-electron chi connectivity index (χ1n) is 1.54. The van der Waals surface area contributed by atoms with Crippen molar-refractivity contribution in [3.8, 4) is 5.88 Å². The number of aromatic nitrogens is 3. The Hall–Kier alpha value is -1.13. The lowest BCUT2D eigenvalue weighted by Gasteiger charge is -1.65. The number of hydrogen-bond acceptors (Lipinski definition) is 2. The van der Waals surface area contributed by atoms with Crippen LogP contribution in [0.25, 0.3) is 0 Å². The Morgan fingerprint density at radius 2 is 2.43 bits per heavy atom. The molecule has 0 fully saturated rings. The Balaban J connectivity index is 3.12. The fourth-order valence-electron chi connectivity index (χ4n) is 0.206. The van der Waals surface area contributed by atoms with E-state index in [1.807, 2.05) is 0 Å². The number of rotatable bonds is 0. The maximum atomic E-state index is 11.6. The van der Waals surface area contributed by atoms with Gasteiger partial charge in [-0.2, -0.15) is 4.39 Å². The summed E-state index contributed by atoms with van der Waals surface area (Å²) in [5, 5.41) is 17.2. The minimum atomic E-state index is -1.01. The largest absolute Gasteiger partial charge is 0.344 e. The van der Waals surface area contributed by atoms with Gasteiger partial charge in [0.1, 0.15) is 0 Å².